The molecule has 1 aromatic carbocycles. The first-order chi connectivity index (χ1) is 13.3. The highest BCUT2D eigenvalue weighted by molar-refractivity contribution is 5.92. The van der Waals surface area contributed by atoms with Gasteiger partial charge in [0, 0.05) is 45.5 Å². The molecule has 1 aliphatic heterocycles. The van der Waals surface area contributed by atoms with Gasteiger partial charge in [-0.3, -0.25) is 9.69 Å². The van der Waals surface area contributed by atoms with Crippen molar-refractivity contribution in [3.8, 4) is 0 Å². The van der Waals surface area contributed by atoms with Crippen LogP contribution in [0.3, 0.4) is 0 Å². The molecule has 0 radical (unpaired) electrons. The lowest BCUT2D eigenvalue weighted by atomic mass is 10.2. The van der Waals surface area contributed by atoms with Crippen LogP contribution >= 0.6 is 0 Å². The molecular weight excluding hydrogens is 338 g/mol. The highest BCUT2D eigenvalue weighted by atomic mass is 16.1. The number of carbonyl (C=O) groups excluding carboxylic acids is 1. The van der Waals surface area contributed by atoms with Crippen molar-refractivity contribution in [2.75, 3.05) is 44.2 Å². The molecule has 2 aromatic rings. The van der Waals surface area contributed by atoms with Gasteiger partial charge in [0.1, 0.15) is 5.69 Å². The fourth-order valence-electron chi connectivity index (χ4n) is 2.99. The molecule has 27 heavy (non-hydrogen) atoms. The summed E-state index contributed by atoms with van der Waals surface area (Å²) in [4.78, 5) is 25.4. The second-order valence-corrected chi connectivity index (χ2v) is 6.60. The molecule has 0 aliphatic carbocycles. The van der Waals surface area contributed by atoms with Gasteiger partial charge in [-0.1, -0.05) is 49.4 Å². The Morgan fingerprint density at radius 1 is 1.15 bits per heavy atom. The van der Waals surface area contributed by atoms with E-state index in [1.165, 1.54) is 5.56 Å². The summed E-state index contributed by atoms with van der Waals surface area (Å²) in [7, 11) is 0. The van der Waals surface area contributed by atoms with Crippen LogP contribution in [0, 0.1) is 0 Å². The molecule has 0 spiro atoms. The lowest BCUT2D eigenvalue weighted by molar-refractivity contribution is 0.0948. The van der Waals surface area contributed by atoms with E-state index < -0.39 is 0 Å². The fourth-order valence-corrected chi connectivity index (χ4v) is 2.99. The van der Waals surface area contributed by atoms with Crippen molar-refractivity contribution in [2.45, 2.75) is 13.3 Å². The largest absolute Gasteiger partial charge is 0.351 e. The second kappa shape index (κ2) is 9.83. The van der Waals surface area contributed by atoms with E-state index in [-0.39, 0.29) is 5.91 Å². The first kappa shape index (κ1) is 19.0. The van der Waals surface area contributed by atoms with Crippen LogP contribution in [0.25, 0.3) is 6.08 Å². The Balaban J connectivity index is 1.50. The van der Waals surface area contributed by atoms with E-state index >= 15 is 0 Å². The van der Waals surface area contributed by atoms with Gasteiger partial charge < -0.3 is 10.2 Å². The van der Waals surface area contributed by atoms with Crippen molar-refractivity contribution in [1.29, 1.82) is 0 Å². The first-order valence-corrected chi connectivity index (χ1v) is 9.56. The Bertz CT molecular complexity index is 754. The molecule has 142 valence electrons. The van der Waals surface area contributed by atoms with Gasteiger partial charge in [0.25, 0.3) is 5.91 Å². The average molecular weight is 365 g/mol. The van der Waals surface area contributed by atoms with E-state index in [0.29, 0.717) is 18.2 Å². The SMILES string of the molecule is CCCNC(=O)c1ccnc(N2CCN(C/C=C/c3ccccc3)CC2)n1. The topological polar surface area (TPSA) is 61.4 Å². The number of hydrogen-bond acceptors (Lipinski definition) is 5. The lowest BCUT2D eigenvalue weighted by Gasteiger charge is -2.34. The van der Waals surface area contributed by atoms with E-state index in [0.717, 1.165) is 39.1 Å². The molecule has 0 saturated carbocycles. The monoisotopic (exact) mass is 365 g/mol. The van der Waals surface area contributed by atoms with Crippen LogP contribution in [-0.2, 0) is 0 Å². The Hall–Kier alpha value is -2.73. The van der Waals surface area contributed by atoms with Crippen LogP contribution in [-0.4, -0.2) is 60.0 Å². The Morgan fingerprint density at radius 3 is 2.67 bits per heavy atom. The van der Waals surface area contributed by atoms with Crippen LogP contribution in [0.1, 0.15) is 29.4 Å². The van der Waals surface area contributed by atoms with Crippen LogP contribution in [0.5, 0.6) is 0 Å². The number of benzene rings is 1. The number of carbonyl (C=O) groups is 1. The minimum Gasteiger partial charge on any atom is -0.351 e. The third-order valence-electron chi connectivity index (χ3n) is 4.54. The molecule has 1 amide bonds. The summed E-state index contributed by atoms with van der Waals surface area (Å²) in [5.41, 5.74) is 1.66. The summed E-state index contributed by atoms with van der Waals surface area (Å²) in [6, 6.07) is 12.0. The number of nitrogens with zero attached hydrogens (tertiary/aromatic N) is 4. The highest BCUT2D eigenvalue weighted by Crippen LogP contribution is 2.12. The zero-order valence-electron chi connectivity index (χ0n) is 15.8. The fraction of sp³-hybridized carbons (Fsp3) is 0.381. The molecule has 0 unspecified atom stereocenters. The Kier molecular flexibility index (Phi) is 6.93. The molecular formula is C21H27N5O. The third kappa shape index (κ3) is 5.62. The van der Waals surface area contributed by atoms with Gasteiger partial charge in [0.05, 0.1) is 0 Å². The van der Waals surface area contributed by atoms with Gasteiger partial charge in [-0.25, -0.2) is 9.97 Å². The lowest BCUT2D eigenvalue weighted by Crippen LogP contribution is -2.47. The minimum atomic E-state index is -0.134. The minimum absolute atomic E-state index is 0.134. The summed E-state index contributed by atoms with van der Waals surface area (Å²) in [5, 5.41) is 2.86. The van der Waals surface area contributed by atoms with Crippen molar-refractivity contribution in [2.24, 2.45) is 0 Å². The normalized spacial score (nSPS) is 15.2. The van der Waals surface area contributed by atoms with Crippen LogP contribution in [0.2, 0.25) is 0 Å². The quantitative estimate of drug-likeness (QED) is 0.817. The van der Waals surface area contributed by atoms with E-state index in [2.05, 4.69) is 61.5 Å². The number of amides is 1. The first-order valence-electron chi connectivity index (χ1n) is 9.56. The number of anilines is 1. The van der Waals surface area contributed by atoms with Crippen LogP contribution in [0.4, 0.5) is 5.95 Å². The standard InChI is InChI=1S/C21H27N5O/c1-2-11-22-20(27)19-10-12-23-21(24-19)26-16-14-25(15-17-26)13-6-9-18-7-4-3-5-8-18/h3-10,12H,2,11,13-17H2,1H3,(H,22,27)/b9-6+. The van der Waals surface area contributed by atoms with Gasteiger partial charge in [-0.2, -0.15) is 0 Å². The molecule has 1 saturated heterocycles. The molecule has 1 aliphatic rings. The number of hydrogen-bond donors (Lipinski definition) is 1. The van der Waals surface area contributed by atoms with E-state index in [4.69, 9.17) is 0 Å². The molecule has 6 heteroatoms. The summed E-state index contributed by atoms with van der Waals surface area (Å²) >= 11 is 0. The van der Waals surface area contributed by atoms with Crippen molar-refractivity contribution >= 4 is 17.9 Å². The molecule has 2 heterocycles. The maximum absolute atomic E-state index is 12.1. The Morgan fingerprint density at radius 2 is 1.93 bits per heavy atom. The van der Waals surface area contributed by atoms with E-state index in [9.17, 15) is 4.79 Å². The number of aromatic nitrogens is 2. The van der Waals surface area contributed by atoms with Crippen molar-refractivity contribution < 1.29 is 4.79 Å². The van der Waals surface area contributed by atoms with Crippen molar-refractivity contribution in [1.82, 2.24) is 20.2 Å². The zero-order chi connectivity index (χ0) is 18.9. The second-order valence-electron chi connectivity index (χ2n) is 6.60. The van der Waals surface area contributed by atoms with Gasteiger partial charge in [0.2, 0.25) is 5.95 Å². The third-order valence-corrected chi connectivity index (χ3v) is 4.54. The van der Waals surface area contributed by atoms with Crippen molar-refractivity contribution in [3.05, 3.63) is 59.9 Å². The molecule has 0 atom stereocenters. The van der Waals surface area contributed by atoms with Crippen LogP contribution in [0.15, 0.2) is 48.7 Å². The van der Waals surface area contributed by atoms with Gasteiger partial charge in [0.15, 0.2) is 0 Å². The molecule has 6 nitrogen and oxygen atoms in total. The highest BCUT2D eigenvalue weighted by Gasteiger charge is 2.19. The van der Waals surface area contributed by atoms with E-state index in [1.54, 1.807) is 12.3 Å². The predicted octanol–water partition coefficient (Wildman–Crippen LogP) is 2.45. The van der Waals surface area contributed by atoms with E-state index in [1.807, 2.05) is 13.0 Å². The predicted molar refractivity (Wildman–Crippen MR) is 109 cm³/mol. The van der Waals surface area contributed by atoms with Crippen molar-refractivity contribution in [3.63, 3.8) is 0 Å². The van der Waals surface area contributed by atoms with Gasteiger partial charge in [-0.15, -0.1) is 0 Å². The zero-order valence-corrected chi connectivity index (χ0v) is 15.8. The number of piperazine rings is 1. The number of nitrogens with one attached hydrogen (secondary N) is 1. The molecule has 1 fully saturated rings. The smallest absolute Gasteiger partial charge is 0.270 e. The molecule has 1 aromatic heterocycles. The maximum Gasteiger partial charge on any atom is 0.270 e. The summed E-state index contributed by atoms with van der Waals surface area (Å²) in [6.07, 6.45) is 6.94. The molecule has 1 N–H and O–H groups in total. The Labute approximate surface area is 160 Å². The summed E-state index contributed by atoms with van der Waals surface area (Å²) in [6.45, 7) is 7.25. The molecule has 3 rings (SSSR count). The van der Waals surface area contributed by atoms with Gasteiger partial charge >= 0.3 is 0 Å². The van der Waals surface area contributed by atoms with Gasteiger partial charge in [-0.05, 0) is 18.1 Å². The summed E-state index contributed by atoms with van der Waals surface area (Å²) in [5.74, 6) is 0.504. The van der Waals surface area contributed by atoms with Crippen LogP contribution < -0.4 is 10.2 Å². The average Bonchev–Trinajstić information content (AvgIpc) is 2.73. The summed E-state index contributed by atoms with van der Waals surface area (Å²) < 4.78 is 0. The number of rotatable bonds is 7. The molecule has 0 bridgehead atoms. The maximum atomic E-state index is 12.1.